The Kier molecular flexibility index (Phi) is 7.47. The molecule has 1 aromatic rings. The van der Waals surface area contributed by atoms with Gasteiger partial charge in [0.05, 0.1) is 5.69 Å². The first-order valence-corrected chi connectivity index (χ1v) is 7.72. The molecule has 0 aliphatic rings. The molecule has 112 valence electrons. The van der Waals surface area contributed by atoms with Crippen LogP contribution < -0.4 is 11.1 Å². The van der Waals surface area contributed by atoms with Gasteiger partial charge in [0, 0.05) is 17.9 Å². The van der Waals surface area contributed by atoms with Gasteiger partial charge in [-0.3, -0.25) is 4.98 Å². The van der Waals surface area contributed by atoms with E-state index < -0.39 is 0 Å². The van der Waals surface area contributed by atoms with E-state index in [1.807, 2.05) is 12.1 Å². The Hall–Kier alpha value is -1.20. The highest BCUT2D eigenvalue weighted by Crippen LogP contribution is 2.12. The van der Waals surface area contributed by atoms with Gasteiger partial charge in [0.1, 0.15) is 4.99 Å². The van der Waals surface area contributed by atoms with Gasteiger partial charge in [0.2, 0.25) is 0 Å². The minimum atomic E-state index is 0.336. The molecule has 0 aliphatic carbocycles. The summed E-state index contributed by atoms with van der Waals surface area (Å²) in [5.74, 6) is 0. The Morgan fingerprint density at radius 2 is 2.15 bits per heavy atom. The molecule has 3 N–H and O–H groups in total. The third-order valence-electron chi connectivity index (χ3n) is 3.43. The van der Waals surface area contributed by atoms with E-state index in [-0.39, 0.29) is 0 Å². The minimum Gasteiger partial charge on any atom is -0.388 e. The first-order valence-electron chi connectivity index (χ1n) is 7.31. The molecular formula is C15H26N4S. The standard InChI is InChI=1S/C15H26N4S/c1-4-19(5-2)10-6-7-12(3)18-13-8-9-17-14(11-13)15(16)20/h8-9,11-12H,4-7,10H2,1-3H3,(H2,16,20)(H,17,18). The van der Waals surface area contributed by atoms with E-state index in [1.54, 1.807) is 6.20 Å². The average Bonchev–Trinajstić information content (AvgIpc) is 2.44. The molecule has 1 unspecified atom stereocenters. The van der Waals surface area contributed by atoms with E-state index in [0.717, 1.165) is 31.7 Å². The Balaban J connectivity index is 2.40. The number of nitrogens with two attached hydrogens (primary N) is 1. The molecule has 1 aromatic heterocycles. The summed E-state index contributed by atoms with van der Waals surface area (Å²) in [4.78, 5) is 6.93. The van der Waals surface area contributed by atoms with Crippen LogP contribution in [-0.2, 0) is 0 Å². The predicted molar refractivity (Wildman–Crippen MR) is 90.2 cm³/mol. The van der Waals surface area contributed by atoms with Gasteiger partial charge in [0.25, 0.3) is 0 Å². The van der Waals surface area contributed by atoms with Gasteiger partial charge in [-0.25, -0.2) is 0 Å². The van der Waals surface area contributed by atoms with Gasteiger partial charge in [-0.05, 0) is 51.5 Å². The zero-order chi connectivity index (χ0) is 15.0. The number of nitrogens with one attached hydrogen (secondary N) is 1. The topological polar surface area (TPSA) is 54.2 Å². The first-order chi connectivity index (χ1) is 9.56. The van der Waals surface area contributed by atoms with Gasteiger partial charge < -0.3 is 16.0 Å². The van der Waals surface area contributed by atoms with Gasteiger partial charge in [-0.2, -0.15) is 0 Å². The molecule has 1 heterocycles. The van der Waals surface area contributed by atoms with Crippen molar-refractivity contribution >= 4 is 22.9 Å². The average molecular weight is 294 g/mol. The van der Waals surface area contributed by atoms with Crippen molar-refractivity contribution in [1.29, 1.82) is 0 Å². The van der Waals surface area contributed by atoms with Crippen molar-refractivity contribution in [3.63, 3.8) is 0 Å². The van der Waals surface area contributed by atoms with E-state index in [4.69, 9.17) is 18.0 Å². The Bertz CT molecular complexity index is 418. The van der Waals surface area contributed by atoms with E-state index >= 15 is 0 Å². The predicted octanol–water partition coefficient (Wildman–Crippen LogP) is 2.64. The quantitative estimate of drug-likeness (QED) is 0.686. The molecule has 0 saturated carbocycles. The lowest BCUT2D eigenvalue weighted by Crippen LogP contribution is -2.25. The van der Waals surface area contributed by atoms with Crippen LogP contribution in [0.2, 0.25) is 0 Å². The largest absolute Gasteiger partial charge is 0.388 e. The van der Waals surface area contributed by atoms with Crippen LogP contribution in [0.4, 0.5) is 5.69 Å². The SMILES string of the molecule is CCN(CC)CCCC(C)Nc1ccnc(C(N)=S)c1. The molecule has 0 spiro atoms. The Morgan fingerprint density at radius 3 is 2.75 bits per heavy atom. The Morgan fingerprint density at radius 1 is 1.45 bits per heavy atom. The second-order valence-electron chi connectivity index (χ2n) is 5.01. The Labute approximate surface area is 127 Å². The molecule has 0 bridgehead atoms. The fourth-order valence-corrected chi connectivity index (χ4v) is 2.28. The number of aromatic nitrogens is 1. The van der Waals surface area contributed by atoms with Crippen LogP contribution in [0, 0.1) is 0 Å². The summed E-state index contributed by atoms with van der Waals surface area (Å²) in [6.45, 7) is 10.0. The molecule has 0 radical (unpaired) electrons. The van der Waals surface area contributed by atoms with E-state index in [2.05, 4.69) is 36.0 Å². The normalized spacial score (nSPS) is 12.4. The lowest BCUT2D eigenvalue weighted by atomic mass is 10.1. The van der Waals surface area contributed by atoms with E-state index in [1.165, 1.54) is 6.42 Å². The molecule has 1 rings (SSSR count). The highest BCUT2D eigenvalue weighted by molar-refractivity contribution is 7.80. The van der Waals surface area contributed by atoms with Gasteiger partial charge in [0.15, 0.2) is 0 Å². The summed E-state index contributed by atoms with van der Waals surface area (Å²) in [7, 11) is 0. The lowest BCUT2D eigenvalue weighted by Gasteiger charge is -2.20. The van der Waals surface area contributed by atoms with Crippen molar-refractivity contribution in [1.82, 2.24) is 9.88 Å². The number of pyridine rings is 1. The molecular weight excluding hydrogens is 268 g/mol. The summed E-state index contributed by atoms with van der Waals surface area (Å²) < 4.78 is 0. The van der Waals surface area contributed by atoms with Crippen LogP contribution in [0.25, 0.3) is 0 Å². The summed E-state index contributed by atoms with van der Waals surface area (Å²) in [5, 5.41) is 3.47. The van der Waals surface area contributed by atoms with Crippen LogP contribution >= 0.6 is 12.2 Å². The number of nitrogens with zero attached hydrogens (tertiary/aromatic N) is 2. The molecule has 20 heavy (non-hydrogen) atoms. The van der Waals surface area contributed by atoms with E-state index in [0.29, 0.717) is 16.7 Å². The second kappa shape index (κ2) is 8.87. The van der Waals surface area contributed by atoms with Crippen LogP contribution in [0.3, 0.4) is 0 Å². The maximum atomic E-state index is 5.59. The number of hydrogen-bond acceptors (Lipinski definition) is 4. The molecule has 0 aromatic carbocycles. The van der Waals surface area contributed by atoms with Crippen LogP contribution in [0.1, 0.15) is 39.3 Å². The summed E-state index contributed by atoms with van der Waals surface area (Å²) >= 11 is 4.94. The minimum absolute atomic E-state index is 0.336. The number of hydrogen-bond donors (Lipinski definition) is 2. The fraction of sp³-hybridized carbons (Fsp3) is 0.600. The molecule has 5 heteroatoms. The van der Waals surface area contributed by atoms with Gasteiger partial charge >= 0.3 is 0 Å². The summed E-state index contributed by atoms with van der Waals surface area (Å²) in [5.41, 5.74) is 7.29. The molecule has 0 fully saturated rings. The van der Waals surface area contributed by atoms with Crippen LogP contribution in [0.5, 0.6) is 0 Å². The van der Waals surface area contributed by atoms with Crippen LogP contribution in [0.15, 0.2) is 18.3 Å². The smallest absolute Gasteiger partial charge is 0.122 e. The first kappa shape index (κ1) is 16.9. The van der Waals surface area contributed by atoms with Crippen molar-refractivity contribution in [2.45, 2.75) is 39.7 Å². The van der Waals surface area contributed by atoms with Crippen molar-refractivity contribution in [2.75, 3.05) is 25.0 Å². The molecule has 4 nitrogen and oxygen atoms in total. The van der Waals surface area contributed by atoms with Gasteiger partial charge in [-0.15, -0.1) is 0 Å². The number of thiocarbonyl (C=S) groups is 1. The molecule has 0 saturated heterocycles. The lowest BCUT2D eigenvalue weighted by molar-refractivity contribution is 0.295. The zero-order valence-electron chi connectivity index (χ0n) is 12.7. The number of anilines is 1. The fourth-order valence-electron chi connectivity index (χ4n) is 2.17. The van der Waals surface area contributed by atoms with Crippen molar-refractivity contribution in [3.8, 4) is 0 Å². The van der Waals surface area contributed by atoms with Gasteiger partial charge in [-0.1, -0.05) is 26.1 Å². The third-order valence-corrected chi connectivity index (χ3v) is 3.64. The summed E-state index contributed by atoms with van der Waals surface area (Å²) in [6, 6.07) is 4.28. The third kappa shape index (κ3) is 5.84. The monoisotopic (exact) mass is 294 g/mol. The molecule has 1 atom stereocenters. The van der Waals surface area contributed by atoms with Crippen molar-refractivity contribution in [2.24, 2.45) is 5.73 Å². The van der Waals surface area contributed by atoms with E-state index in [9.17, 15) is 0 Å². The number of rotatable bonds is 9. The molecule has 0 aliphatic heterocycles. The molecule has 0 amide bonds. The van der Waals surface area contributed by atoms with Crippen LogP contribution in [-0.4, -0.2) is 40.5 Å². The maximum absolute atomic E-state index is 5.59. The van der Waals surface area contributed by atoms with Crippen molar-refractivity contribution < 1.29 is 0 Å². The highest BCUT2D eigenvalue weighted by atomic mass is 32.1. The highest BCUT2D eigenvalue weighted by Gasteiger charge is 2.06. The zero-order valence-corrected chi connectivity index (χ0v) is 13.5. The summed E-state index contributed by atoms with van der Waals surface area (Å²) in [6.07, 6.45) is 4.07. The second-order valence-corrected chi connectivity index (χ2v) is 5.45. The maximum Gasteiger partial charge on any atom is 0.122 e. The van der Waals surface area contributed by atoms with Crippen molar-refractivity contribution in [3.05, 3.63) is 24.0 Å².